The van der Waals surface area contributed by atoms with Crippen LogP contribution in [0.1, 0.15) is 82.9 Å². The number of amides is 2. The molecule has 0 spiro atoms. The summed E-state index contributed by atoms with van der Waals surface area (Å²) in [4.78, 5) is 43.9. The van der Waals surface area contributed by atoms with Gasteiger partial charge in [0.15, 0.2) is 8.32 Å². The van der Waals surface area contributed by atoms with Crippen LogP contribution in [0.4, 0.5) is 10.5 Å². The van der Waals surface area contributed by atoms with E-state index in [1.165, 1.54) is 0 Å². The molecule has 1 saturated carbocycles. The minimum absolute atomic E-state index is 0.0118. The molecule has 7 rings (SSSR count). The van der Waals surface area contributed by atoms with Gasteiger partial charge < -0.3 is 34.4 Å². The first-order valence-electron chi connectivity index (χ1n) is 23.6. The summed E-state index contributed by atoms with van der Waals surface area (Å²) in [6, 6.07) is 35.3. The van der Waals surface area contributed by atoms with Crippen molar-refractivity contribution in [1.29, 1.82) is 0 Å². The van der Waals surface area contributed by atoms with Gasteiger partial charge in [0.2, 0.25) is 11.5 Å². The topological polar surface area (TPSA) is 134 Å². The molecule has 1 aliphatic carbocycles. The molecule has 0 radical (unpaired) electrons. The number of hydrogen-bond donors (Lipinski definition) is 4. The molecule has 12 heteroatoms. The molecule has 0 bridgehead atoms. The van der Waals surface area contributed by atoms with Crippen LogP contribution >= 0.6 is 0 Å². The van der Waals surface area contributed by atoms with Crippen molar-refractivity contribution in [2.45, 2.75) is 103 Å². The molecule has 4 aromatic carbocycles. The van der Waals surface area contributed by atoms with Crippen LogP contribution < -0.4 is 26.2 Å². The molecule has 2 fully saturated rings. The van der Waals surface area contributed by atoms with Gasteiger partial charge in [-0.25, -0.2) is 4.79 Å². The van der Waals surface area contributed by atoms with Gasteiger partial charge in [-0.3, -0.25) is 14.9 Å². The van der Waals surface area contributed by atoms with Gasteiger partial charge >= 0.3 is 6.09 Å². The number of benzene rings is 4. The molecule has 3 atom stereocenters. The molecule has 346 valence electrons. The molecule has 4 N–H and O–H groups in total. The monoisotopic (exact) mass is 900 g/mol. The normalized spacial score (nSPS) is 17.9. The summed E-state index contributed by atoms with van der Waals surface area (Å²) in [7, 11) is -2.20. The number of nitrogens with zero attached hydrogens (tertiary/aromatic N) is 1. The Bertz CT molecular complexity index is 2380. The Balaban J connectivity index is 0.857. The van der Waals surface area contributed by atoms with Crippen molar-refractivity contribution in [3.05, 3.63) is 131 Å². The molecule has 65 heavy (non-hydrogen) atoms. The number of pyridine rings is 1. The van der Waals surface area contributed by atoms with Crippen LogP contribution in [0.5, 0.6) is 5.75 Å². The lowest BCUT2D eigenvalue weighted by atomic mass is 9.81. The number of anilines is 1. The highest BCUT2D eigenvalue weighted by Crippen LogP contribution is 2.41. The molecule has 2 heterocycles. The summed E-state index contributed by atoms with van der Waals surface area (Å²) >= 11 is 0. The number of para-hydroxylation sites is 1. The van der Waals surface area contributed by atoms with Crippen LogP contribution in [0, 0.1) is 11.8 Å². The second kappa shape index (κ2) is 22.3. The first kappa shape index (κ1) is 47.7. The molecule has 2 aliphatic rings. The Morgan fingerprint density at radius 2 is 1.52 bits per heavy atom. The minimum Gasteiger partial charge on any atom is -0.487 e. The highest BCUT2D eigenvalue weighted by atomic mass is 28.4. The molecular weight excluding hydrogens is 831 g/mol. The number of nitrogens with one attached hydrogen (secondary N) is 4. The van der Waals surface area contributed by atoms with E-state index in [2.05, 4.69) is 65.8 Å². The fourth-order valence-corrected chi connectivity index (χ4v) is 10.2. The fraction of sp³-hybridized carbons (Fsp3) is 0.453. The summed E-state index contributed by atoms with van der Waals surface area (Å²) in [5.74, 6) is 1.68. The maximum absolute atomic E-state index is 13.1. The number of carbonyl (C=O) groups excluding carboxylic acids is 2. The molecule has 2 amide bonds. The van der Waals surface area contributed by atoms with Crippen molar-refractivity contribution in [3.8, 4) is 16.9 Å². The van der Waals surface area contributed by atoms with Crippen molar-refractivity contribution in [3.63, 3.8) is 0 Å². The lowest BCUT2D eigenvalue weighted by molar-refractivity contribution is -0.121. The Kier molecular flexibility index (Phi) is 16.3. The highest BCUT2D eigenvalue weighted by molar-refractivity contribution is 6.74. The Morgan fingerprint density at radius 1 is 0.831 bits per heavy atom. The average molecular weight is 900 g/mol. The summed E-state index contributed by atoms with van der Waals surface area (Å²) in [5, 5.41) is 10.9. The number of H-pyrrole nitrogens is 1. The second-order valence-corrected chi connectivity index (χ2v) is 24.3. The van der Waals surface area contributed by atoms with E-state index in [0.717, 1.165) is 91.5 Å². The third kappa shape index (κ3) is 13.4. The zero-order valence-electron chi connectivity index (χ0n) is 39.0. The zero-order chi connectivity index (χ0) is 45.8. The van der Waals surface area contributed by atoms with Gasteiger partial charge in [-0.1, -0.05) is 112 Å². The van der Waals surface area contributed by atoms with E-state index >= 15 is 0 Å². The first-order chi connectivity index (χ1) is 31.3. The largest absolute Gasteiger partial charge is 0.487 e. The first-order valence-corrected chi connectivity index (χ1v) is 26.5. The number of likely N-dealkylation sites (tertiary alicyclic amines) is 1. The van der Waals surface area contributed by atoms with Crippen molar-refractivity contribution in [1.82, 2.24) is 20.5 Å². The predicted octanol–water partition coefficient (Wildman–Crippen LogP) is 10.5. The van der Waals surface area contributed by atoms with Gasteiger partial charge in [-0.2, -0.15) is 0 Å². The summed E-state index contributed by atoms with van der Waals surface area (Å²) < 4.78 is 19.3. The van der Waals surface area contributed by atoms with Crippen LogP contribution in [0.2, 0.25) is 18.1 Å². The number of ether oxygens (including phenoxy) is 2. The number of rotatable bonds is 18. The van der Waals surface area contributed by atoms with Crippen LogP contribution in [0.25, 0.3) is 22.0 Å². The Labute approximate surface area is 386 Å². The summed E-state index contributed by atoms with van der Waals surface area (Å²) in [6.45, 7) is 16.2. The number of aromatic amines is 1. The highest BCUT2D eigenvalue weighted by Gasteiger charge is 2.40. The van der Waals surface area contributed by atoms with E-state index in [-0.39, 0.29) is 28.7 Å². The van der Waals surface area contributed by atoms with Crippen molar-refractivity contribution >= 4 is 36.9 Å². The molecule has 1 aliphatic heterocycles. The fourth-order valence-electron chi connectivity index (χ4n) is 8.93. The summed E-state index contributed by atoms with van der Waals surface area (Å²) in [6.07, 6.45) is 5.61. The number of hydrogen-bond acceptors (Lipinski definition) is 8. The number of carbonyl (C=O) groups is 2. The van der Waals surface area contributed by atoms with E-state index in [1.807, 2.05) is 97.1 Å². The average Bonchev–Trinajstić information content (AvgIpc) is 3.30. The maximum atomic E-state index is 13.1. The van der Waals surface area contributed by atoms with Crippen molar-refractivity contribution in [2.24, 2.45) is 11.8 Å². The van der Waals surface area contributed by atoms with Crippen LogP contribution in [0.3, 0.4) is 0 Å². The standard InChI is InChI=1S/C53H69N5O6Si/c1-53(2,3)65(4,5)64-48(44-23-25-47(51-45(44)24-26-50(60)57-51)62-37-38-15-8-6-9-16-38)36-54-34-39-17-14-18-40(33-39)35-55-49(59)29-32-58-30-27-42(28-31-58)63-52(61)56-46-22-13-12-21-43(46)41-19-10-7-11-20-41/h6-13,15-16,19-26,39-40,42,48,54H,14,17-18,27-37H2,1-5H3,(H,55,59)(H,56,61)(H,57,60)/t39?,40?,48-/m0/s1. The van der Waals surface area contributed by atoms with Crippen molar-refractivity contribution in [2.75, 3.05) is 44.6 Å². The van der Waals surface area contributed by atoms with Gasteiger partial charge in [-0.05, 0) is 104 Å². The van der Waals surface area contributed by atoms with Gasteiger partial charge in [0.05, 0.1) is 17.3 Å². The van der Waals surface area contributed by atoms with Crippen LogP contribution in [-0.2, 0) is 20.6 Å². The van der Waals surface area contributed by atoms with Gasteiger partial charge in [-0.15, -0.1) is 0 Å². The number of piperidine rings is 1. The van der Waals surface area contributed by atoms with E-state index in [1.54, 1.807) is 6.07 Å². The van der Waals surface area contributed by atoms with Crippen LogP contribution in [0.15, 0.2) is 114 Å². The Morgan fingerprint density at radius 3 is 2.26 bits per heavy atom. The molecular formula is C53H69N5O6Si. The summed E-state index contributed by atoms with van der Waals surface area (Å²) in [5.41, 5.74) is 5.31. The van der Waals surface area contributed by atoms with E-state index in [0.29, 0.717) is 55.8 Å². The molecule has 2 unspecified atom stereocenters. The third-order valence-corrected chi connectivity index (χ3v) is 18.2. The van der Waals surface area contributed by atoms with Crippen molar-refractivity contribution < 1.29 is 23.5 Å². The predicted molar refractivity (Wildman–Crippen MR) is 264 cm³/mol. The quantitative estimate of drug-likeness (QED) is 0.0639. The Hall–Kier alpha value is -5.27. The lowest BCUT2D eigenvalue weighted by Crippen LogP contribution is -2.44. The van der Waals surface area contributed by atoms with E-state index in [9.17, 15) is 14.4 Å². The van der Waals surface area contributed by atoms with E-state index in [4.69, 9.17) is 13.9 Å². The zero-order valence-corrected chi connectivity index (χ0v) is 40.0. The molecule has 5 aromatic rings. The third-order valence-electron chi connectivity index (χ3n) is 13.7. The maximum Gasteiger partial charge on any atom is 0.411 e. The van der Waals surface area contributed by atoms with Gasteiger partial charge in [0, 0.05) is 56.2 Å². The number of aromatic nitrogens is 1. The number of fused-ring (bicyclic) bond motifs is 1. The van der Waals surface area contributed by atoms with E-state index < -0.39 is 14.4 Å². The SMILES string of the molecule is CC(C)(C)[Si](C)(C)O[C@@H](CNCC1CCCC(CNC(=O)CCN2CCC(OC(=O)Nc3ccccc3-c3ccccc3)CC2)C1)c1ccc(OCc2ccccc2)c2[nH]c(=O)ccc12. The van der Waals surface area contributed by atoms with Crippen LogP contribution in [-0.4, -0.2) is 75.6 Å². The molecule has 11 nitrogen and oxygen atoms in total. The molecule has 1 saturated heterocycles. The van der Waals surface area contributed by atoms with Gasteiger partial charge in [0.25, 0.3) is 0 Å². The molecule has 1 aromatic heterocycles. The minimum atomic E-state index is -2.20. The lowest BCUT2D eigenvalue weighted by Gasteiger charge is -2.40. The van der Waals surface area contributed by atoms with Gasteiger partial charge in [0.1, 0.15) is 18.5 Å². The smallest absolute Gasteiger partial charge is 0.411 e. The second-order valence-electron chi connectivity index (χ2n) is 19.5.